The molecule has 0 fully saturated rings. The highest BCUT2D eigenvalue weighted by Crippen LogP contribution is 2.23. The van der Waals surface area contributed by atoms with Crippen molar-refractivity contribution in [2.45, 2.75) is 40.2 Å². The van der Waals surface area contributed by atoms with E-state index in [1.54, 1.807) is 24.4 Å². The van der Waals surface area contributed by atoms with E-state index >= 15 is 0 Å². The van der Waals surface area contributed by atoms with Gasteiger partial charge >= 0.3 is 0 Å². The Labute approximate surface area is 114 Å². The normalized spacial score (nSPS) is 11.2. The Bertz CT molecular complexity index is 436. The van der Waals surface area contributed by atoms with E-state index in [0.717, 1.165) is 0 Å². The van der Waals surface area contributed by atoms with E-state index in [4.69, 9.17) is 4.74 Å². The van der Waals surface area contributed by atoms with Crippen LogP contribution in [0.5, 0.6) is 5.88 Å². The van der Waals surface area contributed by atoms with Crippen LogP contribution >= 0.6 is 0 Å². The Morgan fingerprint density at radius 1 is 1.53 bits per heavy atom. The summed E-state index contributed by atoms with van der Waals surface area (Å²) in [5, 5.41) is 2.84. The van der Waals surface area contributed by atoms with Crippen molar-refractivity contribution in [2.24, 2.45) is 5.41 Å². The topological polar surface area (TPSA) is 51.2 Å². The molecule has 19 heavy (non-hydrogen) atoms. The molecule has 0 unspecified atom stereocenters. The molecule has 1 aromatic heterocycles. The van der Waals surface area contributed by atoms with Crippen LogP contribution < -0.4 is 10.1 Å². The number of nitrogens with one attached hydrogen (secondary N) is 1. The van der Waals surface area contributed by atoms with Crippen LogP contribution in [0, 0.1) is 5.41 Å². The number of aromatic nitrogens is 1. The second-order valence-electron chi connectivity index (χ2n) is 5.38. The van der Waals surface area contributed by atoms with Gasteiger partial charge in [-0.1, -0.05) is 19.9 Å². The maximum atomic E-state index is 12.1. The molecule has 0 radical (unpaired) electrons. The minimum Gasteiger partial charge on any atom is -0.475 e. The largest absolute Gasteiger partial charge is 0.475 e. The number of nitrogens with zero attached hydrogens (tertiary/aromatic N) is 1. The third kappa shape index (κ3) is 4.73. The van der Waals surface area contributed by atoms with Gasteiger partial charge in [-0.05, 0) is 26.3 Å². The first-order valence-corrected chi connectivity index (χ1v) is 6.40. The van der Waals surface area contributed by atoms with Crippen molar-refractivity contribution in [3.63, 3.8) is 0 Å². The maximum absolute atomic E-state index is 12.1. The second-order valence-corrected chi connectivity index (χ2v) is 5.38. The number of carbonyl (C=O) groups is 1. The van der Waals surface area contributed by atoms with E-state index in [1.165, 1.54) is 0 Å². The van der Waals surface area contributed by atoms with Crippen LogP contribution in [-0.4, -0.2) is 17.0 Å². The van der Waals surface area contributed by atoms with Crippen molar-refractivity contribution in [1.82, 2.24) is 4.98 Å². The van der Waals surface area contributed by atoms with Crippen molar-refractivity contribution < 1.29 is 9.53 Å². The fraction of sp³-hybridized carbons (Fsp3) is 0.467. The van der Waals surface area contributed by atoms with E-state index in [2.05, 4.69) is 16.9 Å². The highest BCUT2D eigenvalue weighted by Gasteiger charge is 2.26. The van der Waals surface area contributed by atoms with Crippen molar-refractivity contribution in [1.29, 1.82) is 0 Å². The number of rotatable bonds is 6. The highest BCUT2D eigenvalue weighted by atomic mass is 16.5. The van der Waals surface area contributed by atoms with E-state index in [1.807, 2.05) is 27.7 Å². The van der Waals surface area contributed by atoms with Crippen LogP contribution in [0.2, 0.25) is 0 Å². The first kappa shape index (κ1) is 15.2. The van der Waals surface area contributed by atoms with Gasteiger partial charge in [0.1, 0.15) is 0 Å². The highest BCUT2D eigenvalue weighted by molar-refractivity contribution is 5.94. The van der Waals surface area contributed by atoms with Crippen molar-refractivity contribution in [3.05, 3.63) is 31.0 Å². The van der Waals surface area contributed by atoms with Crippen LogP contribution in [-0.2, 0) is 4.79 Å². The Hall–Kier alpha value is -1.84. The molecular weight excluding hydrogens is 240 g/mol. The number of amides is 1. The molecule has 0 saturated carbocycles. The summed E-state index contributed by atoms with van der Waals surface area (Å²) in [7, 11) is 0. The number of hydrogen-bond acceptors (Lipinski definition) is 3. The fourth-order valence-electron chi connectivity index (χ4n) is 1.52. The Morgan fingerprint density at radius 2 is 2.21 bits per heavy atom. The Kier molecular flexibility index (Phi) is 5.10. The lowest BCUT2D eigenvalue weighted by atomic mass is 9.88. The smallest absolute Gasteiger partial charge is 0.230 e. The van der Waals surface area contributed by atoms with Gasteiger partial charge in [0.15, 0.2) is 0 Å². The Morgan fingerprint density at radius 3 is 2.68 bits per heavy atom. The molecule has 1 rings (SSSR count). The summed E-state index contributed by atoms with van der Waals surface area (Å²) in [5.74, 6) is 0.505. The third-order valence-corrected chi connectivity index (χ3v) is 2.62. The number of ether oxygens (including phenoxy) is 1. The van der Waals surface area contributed by atoms with Gasteiger partial charge in [0, 0.05) is 11.5 Å². The zero-order valence-electron chi connectivity index (χ0n) is 12.1. The molecular formula is C15H22N2O2. The molecule has 0 spiro atoms. The quantitative estimate of drug-likeness (QED) is 0.799. The summed E-state index contributed by atoms with van der Waals surface area (Å²) in [6.45, 7) is 11.3. The summed E-state index contributed by atoms with van der Waals surface area (Å²) < 4.78 is 5.44. The molecule has 0 bridgehead atoms. The van der Waals surface area contributed by atoms with E-state index in [9.17, 15) is 4.79 Å². The average Bonchev–Trinajstić information content (AvgIpc) is 2.30. The number of anilines is 1. The van der Waals surface area contributed by atoms with Crippen LogP contribution in [0.4, 0.5) is 5.69 Å². The van der Waals surface area contributed by atoms with Gasteiger partial charge in [0.2, 0.25) is 11.8 Å². The van der Waals surface area contributed by atoms with Gasteiger partial charge in [-0.15, -0.1) is 6.58 Å². The lowest BCUT2D eigenvalue weighted by Crippen LogP contribution is -2.30. The molecule has 1 aromatic rings. The molecule has 0 atom stereocenters. The summed E-state index contributed by atoms with van der Waals surface area (Å²) in [6.07, 6.45) is 4.05. The van der Waals surface area contributed by atoms with E-state index < -0.39 is 5.41 Å². The molecule has 0 aliphatic heterocycles. The zero-order chi connectivity index (χ0) is 14.5. The third-order valence-electron chi connectivity index (χ3n) is 2.62. The minimum atomic E-state index is -0.477. The first-order valence-electron chi connectivity index (χ1n) is 6.40. The second kappa shape index (κ2) is 6.36. The predicted molar refractivity (Wildman–Crippen MR) is 77.2 cm³/mol. The van der Waals surface area contributed by atoms with Gasteiger partial charge in [-0.3, -0.25) is 4.79 Å². The Balaban J connectivity index is 2.67. The average molecular weight is 262 g/mol. The van der Waals surface area contributed by atoms with E-state index in [0.29, 0.717) is 18.0 Å². The van der Waals surface area contributed by atoms with E-state index in [-0.39, 0.29) is 12.0 Å². The monoisotopic (exact) mass is 262 g/mol. The summed E-state index contributed by atoms with van der Waals surface area (Å²) in [4.78, 5) is 16.2. The number of hydrogen-bond donors (Lipinski definition) is 1. The molecule has 0 saturated heterocycles. The first-order chi connectivity index (χ1) is 8.85. The van der Waals surface area contributed by atoms with Crippen molar-refractivity contribution >= 4 is 11.6 Å². The molecule has 1 amide bonds. The van der Waals surface area contributed by atoms with Gasteiger partial charge in [0.05, 0.1) is 18.0 Å². The number of allylic oxidation sites excluding steroid dienone is 1. The standard InChI is InChI=1S/C15H22N2O2/c1-6-9-15(4,5)14(18)17-12-7-8-13(16-10-12)19-11(2)3/h6-8,10-11H,1,9H2,2-5H3,(H,17,18). The zero-order valence-corrected chi connectivity index (χ0v) is 12.1. The van der Waals surface area contributed by atoms with Gasteiger partial charge in [-0.2, -0.15) is 0 Å². The number of carbonyl (C=O) groups excluding carboxylic acids is 1. The number of pyridine rings is 1. The van der Waals surface area contributed by atoms with Gasteiger partial charge in [-0.25, -0.2) is 4.98 Å². The van der Waals surface area contributed by atoms with Crippen molar-refractivity contribution in [3.8, 4) is 5.88 Å². The molecule has 4 nitrogen and oxygen atoms in total. The molecule has 0 aliphatic carbocycles. The summed E-state index contributed by atoms with van der Waals surface area (Å²) >= 11 is 0. The SMILES string of the molecule is C=CCC(C)(C)C(=O)Nc1ccc(OC(C)C)nc1. The lowest BCUT2D eigenvalue weighted by Gasteiger charge is -2.21. The molecule has 1 heterocycles. The molecule has 4 heteroatoms. The van der Waals surface area contributed by atoms with Crippen molar-refractivity contribution in [2.75, 3.05) is 5.32 Å². The maximum Gasteiger partial charge on any atom is 0.230 e. The minimum absolute atomic E-state index is 0.0493. The van der Waals surface area contributed by atoms with Crippen LogP contribution in [0.15, 0.2) is 31.0 Å². The molecule has 0 aromatic carbocycles. The van der Waals surface area contributed by atoms with Gasteiger partial charge in [0.25, 0.3) is 0 Å². The van der Waals surface area contributed by atoms with Crippen LogP contribution in [0.25, 0.3) is 0 Å². The summed E-state index contributed by atoms with van der Waals surface area (Å²) in [6, 6.07) is 3.53. The molecule has 1 N–H and O–H groups in total. The van der Waals surface area contributed by atoms with Crippen LogP contribution in [0.3, 0.4) is 0 Å². The molecule has 104 valence electrons. The predicted octanol–water partition coefficient (Wildman–Crippen LogP) is 3.41. The fourth-order valence-corrected chi connectivity index (χ4v) is 1.52. The summed E-state index contributed by atoms with van der Waals surface area (Å²) in [5.41, 5.74) is 0.188. The van der Waals surface area contributed by atoms with Gasteiger partial charge < -0.3 is 10.1 Å². The van der Waals surface area contributed by atoms with Crippen LogP contribution in [0.1, 0.15) is 34.1 Å². The molecule has 0 aliphatic rings. The lowest BCUT2D eigenvalue weighted by molar-refractivity contribution is -0.123.